The molecular formula is C24H19ClN2O3. The zero-order valence-electron chi connectivity index (χ0n) is 16.5. The number of amides is 2. The van der Waals surface area contributed by atoms with E-state index in [1.165, 1.54) is 4.90 Å². The molecule has 0 saturated carbocycles. The number of nitrogens with one attached hydrogen (secondary N) is 1. The first kappa shape index (κ1) is 19.7. The zero-order chi connectivity index (χ0) is 21.3. The van der Waals surface area contributed by atoms with Crippen LogP contribution in [0.5, 0.6) is 5.75 Å². The molecule has 3 aromatic rings. The maximum atomic E-state index is 13.5. The van der Waals surface area contributed by atoms with Crippen LogP contribution in [0.15, 0.2) is 78.5 Å². The number of anilines is 2. The minimum absolute atomic E-state index is 0.228. The van der Waals surface area contributed by atoms with E-state index in [1.54, 1.807) is 49.6 Å². The van der Waals surface area contributed by atoms with Crippen molar-refractivity contribution in [1.82, 2.24) is 0 Å². The Morgan fingerprint density at radius 1 is 0.900 bits per heavy atom. The second kappa shape index (κ2) is 8.05. The van der Waals surface area contributed by atoms with E-state index in [-0.39, 0.29) is 5.70 Å². The molecule has 0 spiro atoms. The molecule has 2 amide bonds. The number of carbonyl (C=O) groups excluding carboxylic acids is 2. The van der Waals surface area contributed by atoms with Crippen molar-refractivity contribution < 1.29 is 14.3 Å². The Hall–Kier alpha value is -3.57. The molecule has 1 N–H and O–H groups in total. The Bertz CT molecular complexity index is 1150. The van der Waals surface area contributed by atoms with E-state index in [4.69, 9.17) is 16.3 Å². The summed E-state index contributed by atoms with van der Waals surface area (Å²) in [4.78, 5) is 28.0. The van der Waals surface area contributed by atoms with Gasteiger partial charge in [-0.15, -0.1) is 0 Å². The molecule has 0 aliphatic carbocycles. The number of halogens is 1. The smallest absolute Gasteiger partial charge is 0.282 e. The SMILES string of the molecule is COc1ccc(C2=C(Nc3ccccc3)C(=O)N(c3ccc(Cl)cc3C)C2=O)cc1. The molecule has 0 aromatic heterocycles. The van der Waals surface area contributed by atoms with Gasteiger partial charge in [0.2, 0.25) is 0 Å². The van der Waals surface area contributed by atoms with E-state index >= 15 is 0 Å². The lowest BCUT2D eigenvalue weighted by Crippen LogP contribution is -2.33. The van der Waals surface area contributed by atoms with E-state index in [1.807, 2.05) is 37.3 Å². The van der Waals surface area contributed by atoms with Gasteiger partial charge in [-0.2, -0.15) is 0 Å². The second-order valence-corrected chi connectivity index (χ2v) is 7.28. The fourth-order valence-electron chi connectivity index (χ4n) is 3.43. The van der Waals surface area contributed by atoms with Crippen molar-refractivity contribution in [3.63, 3.8) is 0 Å². The Labute approximate surface area is 179 Å². The summed E-state index contributed by atoms with van der Waals surface area (Å²) in [5, 5.41) is 3.68. The van der Waals surface area contributed by atoms with Crippen molar-refractivity contribution in [3.8, 4) is 5.75 Å². The maximum absolute atomic E-state index is 13.5. The summed E-state index contributed by atoms with van der Waals surface area (Å²) in [5.74, 6) is -0.145. The van der Waals surface area contributed by atoms with Gasteiger partial charge in [0.25, 0.3) is 11.8 Å². The number of aryl methyl sites for hydroxylation is 1. The van der Waals surface area contributed by atoms with Crippen molar-refractivity contribution in [3.05, 3.63) is 94.6 Å². The first-order valence-corrected chi connectivity index (χ1v) is 9.73. The molecular weight excluding hydrogens is 400 g/mol. The minimum Gasteiger partial charge on any atom is -0.497 e. The van der Waals surface area contributed by atoms with Crippen molar-refractivity contribution in [2.45, 2.75) is 6.92 Å². The molecule has 0 atom stereocenters. The monoisotopic (exact) mass is 418 g/mol. The van der Waals surface area contributed by atoms with Gasteiger partial charge in [-0.25, -0.2) is 4.90 Å². The number of ether oxygens (including phenoxy) is 1. The van der Waals surface area contributed by atoms with Crippen LogP contribution in [0.3, 0.4) is 0 Å². The van der Waals surface area contributed by atoms with Crippen LogP contribution in [-0.2, 0) is 9.59 Å². The summed E-state index contributed by atoms with van der Waals surface area (Å²) in [6, 6.07) is 21.4. The second-order valence-electron chi connectivity index (χ2n) is 6.85. The fraction of sp³-hybridized carbons (Fsp3) is 0.0833. The lowest BCUT2D eigenvalue weighted by molar-refractivity contribution is -0.120. The van der Waals surface area contributed by atoms with Gasteiger partial charge in [-0.3, -0.25) is 9.59 Å². The van der Waals surface area contributed by atoms with Crippen LogP contribution >= 0.6 is 11.6 Å². The molecule has 1 aliphatic heterocycles. The zero-order valence-corrected chi connectivity index (χ0v) is 17.2. The number of imide groups is 1. The third kappa shape index (κ3) is 3.55. The van der Waals surface area contributed by atoms with E-state index in [0.717, 1.165) is 5.56 Å². The highest BCUT2D eigenvalue weighted by Crippen LogP contribution is 2.36. The maximum Gasteiger partial charge on any atom is 0.282 e. The Morgan fingerprint density at radius 2 is 1.60 bits per heavy atom. The third-order valence-electron chi connectivity index (χ3n) is 4.91. The number of nitrogens with zero attached hydrogens (tertiary/aromatic N) is 1. The van der Waals surface area contributed by atoms with Gasteiger partial charge in [-0.1, -0.05) is 41.9 Å². The summed E-state index contributed by atoms with van der Waals surface area (Å²) in [7, 11) is 1.58. The molecule has 0 saturated heterocycles. The predicted molar refractivity (Wildman–Crippen MR) is 119 cm³/mol. The molecule has 0 fully saturated rings. The number of benzene rings is 3. The average Bonchev–Trinajstić information content (AvgIpc) is 2.99. The van der Waals surface area contributed by atoms with Crippen LogP contribution < -0.4 is 15.0 Å². The topological polar surface area (TPSA) is 58.6 Å². The molecule has 0 radical (unpaired) electrons. The highest BCUT2D eigenvalue weighted by atomic mass is 35.5. The van der Waals surface area contributed by atoms with Crippen LogP contribution in [0.25, 0.3) is 5.57 Å². The fourth-order valence-corrected chi connectivity index (χ4v) is 3.65. The van der Waals surface area contributed by atoms with Crippen LogP contribution in [-0.4, -0.2) is 18.9 Å². The first-order valence-electron chi connectivity index (χ1n) is 9.35. The number of carbonyl (C=O) groups is 2. The molecule has 5 nitrogen and oxygen atoms in total. The number of hydrogen-bond donors (Lipinski definition) is 1. The van der Waals surface area contributed by atoms with E-state index < -0.39 is 11.8 Å². The Balaban J connectivity index is 1.83. The van der Waals surface area contributed by atoms with Gasteiger partial charge in [0.15, 0.2) is 0 Å². The minimum atomic E-state index is -0.417. The lowest BCUT2D eigenvalue weighted by atomic mass is 10.0. The molecule has 0 bridgehead atoms. The normalized spacial score (nSPS) is 13.8. The summed E-state index contributed by atoms with van der Waals surface area (Å²) in [6.07, 6.45) is 0. The molecule has 1 aliphatic rings. The van der Waals surface area contributed by atoms with Gasteiger partial charge in [0.05, 0.1) is 18.4 Å². The highest BCUT2D eigenvalue weighted by Gasteiger charge is 2.40. The predicted octanol–water partition coefficient (Wildman–Crippen LogP) is 5.05. The largest absolute Gasteiger partial charge is 0.497 e. The molecule has 6 heteroatoms. The average molecular weight is 419 g/mol. The molecule has 0 unspecified atom stereocenters. The van der Waals surface area contributed by atoms with Crippen LogP contribution in [0, 0.1) is 6.92 Å². The number of para-hydroxylation sites is 1. The molecule has 4 rings (SSSR count). The number of methoxy groups -OCH3 is 1. The van der Waals surface area contributed by atoms with Crippen molar-refractivity contribution in [1.29, 1.82) is 0 Å². The van der Waals surface area contributed by atoms with Gasteiger partial charge < -0.3 is 10.1 Å². The van der Waals surface area contributed by atoms with Crippen LogP contribution in [0.1, 0.15) is 11.1 Å². The number of hydrogen-bond acceptors (Lipinski definition) is 4. The standard InChI is InChI=1S/C24H19ClN2O3/c1-15-14-17(25)10-13-20(15)27-23(28)21(16-8-11-19(30-2)12-9-16)22(24(27)29)26-18-6-4-3-5-7-18/h3-14,26H,1-2H3. The van der Waals surface area contributed by atoms with Crippen molar-refractivity contribution in [2.75, 3.05) is 17.3 Å². The summed E-state index contributed by atoms with van der Waals surface area (Å²) >= 11 is 6.06. The lowest BCUT2D eigenvalue weighted by Gasteiger charge is -2.18. The van der Waals surface area contributed by atoms with E-state index in [0.29, 0.717) is 33.3 Å². The van der Waals surface area contributed by atoms with Crippen molar-refractivity contribution >= 4 is 40.4 Å². The highest BCUT2D eigenvalue weighted by molar-refractivity contribution is 6.46. The van der Waals surface area contributed by atoms with Gasteiger partial charge in [-0.05, 0) is 60.5 Å². The van der Waals surface area contributed by atoms with Crippen molar-refractivity contribution in [2.24, 2.45) is 0 Å². The first-order chi connectivity index (χ1) is 14.5. The summed E-state index contributed by atoms with van der Waals surface area (Å²) in [6.45, 7) is 1.82. The van der Waals surface area contributed by atoms with Gasteiger partial charge >= 0.3 is 0 Å². The van der Waals surface area contributed by atoms with E-state index in [2.05, 4.69) is 5.32 Å². The Kier molecular flexibility index (Phi) is 5.29. The number of rotatable bonds is 5. The summed E-state index contributed by atoms with van der Waals surface area (Å²) in [5.41, 5.74) is 3.12. The molecule has 1 heterocycles. The molecule has 30 heavy (non-hydrogen) atoms. The molecule has 3 aromatic carbocycles. The van der Waals surface area contributed by atoms with Gasteiger partial charge in [0, 0.05) is 10.7 Å². The van der Waals surface area contributed by atoms with Crippen LogP contribution in [0.4, 0.5) is 11.4 Å². The molecule has 150 valence electrons. The van der Waals surface area contributed by atoms with E-state index in [9.17, 15) is 9.59 Å². The Morgan fingerprint density at radius 3 is 2.23 bits per heavy atom. The van der Waals surface area contributed by atoms with Crippen LogP contribution in [0.2, 0.25) is 5.02 Å². The van der Waals surface area contributed by atoms with Gasteiger partial charge in [0.1, 0.15) is 11.4 Å². The summed E-state index contributed by atoms with van der Waals surface area (Å²) < 4.78 is 5.21. The quantitative estimate of drug-likeness (QED) is 0.589. The third-order valence-corrected chi connectivity index (χ3v) is 5.14.